The first-order chi connectivity index (χ1) is 12.5. The van der Waals surface area contributed by atoms with Crippen LogP contribution in [0, 0.1) is 9.62 Å². The topological polar surface area (TPSA) is 61.2 Å². The number of nitrogens with zero attached hydrogens (tertiary/aromatic N) is 2. The molecule has 2 aromatic rings. The minimum absolute atomic E-state index is 0.206. The van der Waals surface area contributed by atoms with Crippen molar-refractivity contribution in [2.45, 2.75) is 38.0 Å². The van der Waals surface area contributed by atoms with Crippen molar-refractivity contribution in [2.24, 2.45) is 5.92 Å². The van der Waals surface area contributed by atoms with Gasteiger partial charge >= 0.3 is 5.97 Å². The second-order valence-corrected chi connectivity index (χ2v) is 8.30. The summed E-state index contributed by atoms with van der Waals surface area (Å²) in [6.07, 6.45) is 4.07. The molecule has 26 heavy (non-hydrogen) atoms. The van der Waals surface area contributed by atoms with Gasteiger partial charge in [-0.3, -0.25) is 9.59 Å². The molecule has 5 nitrogen and oxygen atoms in total. The molecule has 1 saturated carbocycles. The second-order valence-electron chi connectivity index (χ2n) is 6.87. The van der Waals surface area contributed by atoms with E-state index in [0.717, 1.165) is 46.2 Å². The maximum absolute atomic E-state index is 13.3. The van der Waals surface area contributed by atoms with Crippen LogP contribution in [0.5, 0.6) is 0 Å². The number of hydrogen-bond acceptors (Lipinski definition) is 4. The fraction of sp³-hybridized carbons (Fsp3) is 0.421. The molecule has 7 heteroatoms. The minimum Gasteiger partial charge on any atom is -0.469 e. The van der Waals surface area contributed by atoms with Gasteiger partial charge in [0.2, 0.25) is 0 Å². The van der Waals surface area contributed by atoms with E-state index < -0.39 is 0 Å². The molecule has 0 N–H and O–H groups in total. The normalized spacial score (nSPS) is 19.1. The number of carbonyl (C=O) groups excluding carboxylic acids is 2. The quantitative estimate of drug-likeness (QED) is 0.488. The van der Waals surface area contributed by atoms with Gasteiger partial charge < -0.3 is 4.74 Å². The van der Waals surface area contributed by atoms with Crippen molar-refractivity contribution in [3.8, 4) is 0 Å². The number of rotatable bonds is 3. The average molecular weight is 485 g/mol. The van der Waals surface area contributed by atoms with E-state index in [0.29, 0.717) is 22.9 Å². The van der Waals surface area contributed by atoms with Crippen molar-refractivity contribution in [1.29, 1.82) is 0 Å². The molecule has 0 spiro atoms. The maximum Gasteiger partial charge on any atom is 0.309 e. The van der Waals surface area contributed by atoms with Gasteiger partial charge in [0.1, 0.15) is 3.70 Å². The van der Waals surface area contributed by atoms with Crippen LogP contribution in [0.25, 0.3) is 0 Å². The molecule has 1 heterocycles. The van der Waals surface area contributed by atoms with Gasteiger partial charge in [-0.15, -0.1) is 0 Å². The Balaban J connectivity index is 1.76. The van der Waals surface area contributed by atoms with Crippen LogP contribution in [-0.2, 0) is 22.4 Å². The molecule has 1 atom stereocenters. The molecule has 0 aliphatic heterocycles. The lowest BCUT2D eigenvalue weighted by molar-refractivity contribution is -0.145. The summed E-state index contributed by atoms with van der Waals surface area (Å²) >= 11 is 8.56. The lowest BCUT2D eigenvalue weighted by Crippen LogP contribution is -2.27. The van der Waals surface area contributed by atoms with Gasteiger partial charge in [-0.05, 0) is 65.8 Å². The number of esters is 1. The van der Waals surface area contributed by atoms with Crippen molar-refractivity contribution in [3.63, 3.8) is 0 Å². The molecule has 0 saturated heterocycles. The SMILES string of the molecule is COC(=O)[C@@H]1CCc2c(I)nn(C(=O)c3c(Cl)cccc3C3CC3)c2C1. The third kappa shape index (κ3) is 3.07. The van der Waals surface area contributed by atoms with Crippen molar-refractivity contribution < 1.29 is 14.3 Å². The van der Waals surface area contributed by atoms with Crippen LogP contribution in [-0.4, -0.2) is 28.8 Å². The summed E-state index contributed by atoms with van der Waals surface area (Å²) in [5.41, 5.74) is 3.41. The van der Waals surface area contributed by atoms with Gasteiger partial charge in [-0.2, -0.15) is 9.78 Å². The molecular weight excluding hydrogens is 467 g/mol. The van der Waals surface area contributed by atoms with Gasteiger partial charge in [-0.1, -0.05) is 23.7 Å². The van der Waals surface area contributed by atoms with Gasteiger partial charge in [0.05, 0.1) is 29.3 Å². The summed E-state index contributed by atoms with van der Waals surface area (Å²) in [5.74, 6) is -0.272. The highest BCUT2D eigenvalue weighted by Crippen LogP contribution is 2.43. The van der Waals surface area contributed by atoms with Crippen molar-refractivity contribution in [1.82, 2.24) is 9.78 Å². The third-order valence-electron chi connectivity index (χ3n) is 5.23. The predicted octanol–water partition coefficient (Wildman–Crippen LogP) is 3.98. The van der Waals surface area contributed by atoms with E-state index >= 15 is 0 Å². The van der Waals surface area contributed by atoms with E-state index in [9.17, 15) is 9.59 Å². The first-order valence-corrected chi connectivity index (χ1v) is 10.1. The van der Waals surface area contributed by atoms with Crippen LogP contribution in [0.4, 0.5) is 0 Å². The molecule has 0 bridgehead atoms. The fourth-order valence-corrected chi connectivity index (χ4v) is 4.77. The summed E-state index contributed by atoms with van der Waals surface area (Å²) in [4.78, 5) is 25.3. The molecule has 136 valence electrons. The Morgan fingerprint density at radius 1 is 1.31 bits per heavy atom. The molecule has 0 amide bonds. The number of aromatic nitrogens is 2. The monoisotopic (exact) mass is 484 g/mol. The van der Waals surface area contributed by atoms with Crippen LogP contribution in [0.1, 0.15) is 52.4 Å². The van der Waals surface area contributed by atoms with Crippen molar-refractivity contribution >= 4 is 46.1 Å². The average Bonchev–Trinajstić information content (AvgIpc) is 3.44. The largest absolute Gasteiger partial charge is 0.469 e. The summed E-state index contributed by atoms with van der Waals surface area (Å²) < 4.78 is 7.17. The molecule has 2 aliphatic carbocycles. The van der Waals surface area contributed by atoms with Crippen molar-refractivity contribution in [2.75, 3.05) is 7.11 Å². The van der Waals surface area contributed by atoms with Crippen LogP contribution in [0.3, 0.4) is 0 Å². The highest BCUT2D eigenvalue weighted by atomic mass is 127. The zero-order valence-corrected chi connectivity index (χ0v) is 17.2. The Bertz CT molecular complexity index is 904. The van der Waals surface area contributed by atoms with Crippen LogP contribution < -0.4 is 0 Å². The zero-order valence-electron chi connectivity index (χ0n) is 14.3. The van der Waals surface area contributed by atoms with Crippen LogP contribution in [0.2, 0.25) is 5.02 Å². The second kappa shape index (κ2) is 6.96. The Morgan fingerprint density at radius 2 is 2.08 bits per heavy atom. The first kappa shape index (κ1) is 18.0. The maximum atomic E-state index is 13.3. The van der Waals surface area contributed by atoms with Gasteiger partial charge in [0.15, 0.2) is 0 Å². The molecular formula is C19H18ClIN2O3. The number of hydrogen-bond donors (Lipinski definition) is 0. The molecule has 1 aromatic heterocycles. The van der Waals surface area contributed by atoms with Gasteiger partial charge in [0, 0.05) is 12.0 Å². The summed E-state index contributed by atoms with van der Waals surface area (Å²) in [6, 6.07) is 5.62. The highest BCUT2D eigenvalue weighted by Gasteiger charge is 2.34. The van der Waals surface area contributed by atoms with E-state index in [-0.39, 0.29) is 17.8 Å². The highest BCUT2D eigenvalue weighted by molar-refractivity contribution is 14.1. The van der Waals surface area contributed by atoms with E-state index in [1.807, 2.05) is 12.1 Å². The van der Waals surface area contributed by atoms with E-state index in [2.05, 4.69) is 27.7 Å². The molecule has 4 rings (SSSR count). The smallest absolute Gasteiger partial charge is 0.309 e. The van der Waals surface area contributed by atoms with E-state index in [1.54, 1.807) is 6.07 Å². The Kier molecular flexibility index (Phi) is 4.81. The number of carbonyl (C=O) groups is 2. The lowest BCUT2D eigenvalue weighted by Gasteiger charge is -2.21. The van der Waals surface area contributed by atoms with Gasteiger partial charge in [-0.25, -0.2) is 0 Å². The predicted molar refractivity (Wildman–Crippen MR) is 106 cm³/mol. The van der Waals surface area contributed by atoms with Crippen LogP contribution >= 0.6 is 34.2 Å². The molecule has 0 radical (unpaired) electrons. The standard InChI is InChI=1S/C19H18ClIN2O3/c1-26-19(25)11-7-8-13-15(9-11)23(22-17(13)21)18(24)16-12(10-5-6-10)3-2-4-14(16)20/h2-4,10-11H,5-9H2,1H3/t11-/m1/s1. The lowest BCUT2D eigenvalue weighted by atomic mass is 9.88. The Hall–Kier alpha value is -1.41. The Morgan fingerprint density at radius 3 is 2.77 bits per heavy atom. The first-order valence-electron chi connectivity index (χ1n) is 8.68. The van der Waals surface area contributed by atoms with E-state index in [4.69, 9.17) is 16.3 Å². The number of halogens is 2. The number of fused-ring (bicyclic) bond motifs is 1. The minimum atomic E-state index is -0.235. The fourth-order valence-electron chi connectivity index (χ4n) is 3.71. The summed E-state index contributed by atoms with van der Waals surface area (Å²) in [6.45, 7) is 0. The molecule has 2 aliphatic rings. The number of methoxy groups -OCH3 is 1. The number of benzene rings is 1. The molecule has 1 aromatic carbocycles. The summed E-state index contributed by atoms with van der Waals surface area (Å²) in [5, 5.41) is 4.95. The zero-order chi connectivity index (χ0) is 18.4. The third-order valence-corrected chi connectivity index (χ3v) is 6.41. The Labute approximate surface area is 170 Å². The van der Waals surface area contributed by atoms with Gasteiger partial charge in [0.25, 0.3) is 5.91 Å². The summed E-state index contributed by atoms with van der Waals surface area (Å²) in [7, 11) is 1.40. The number of ether oxygens (including phenoxy) is 1. The molecule has 0 unspecified atom stereocenters. The van der Waals surface area contributed by atoms with E-state index in [1.165, 1.54) is 11.8 Å². The van der Waals surface area contributed by atoms with Crippen LogP contribution in [0.15, 0.2) is 18.2 Å². The molecule has 1 fully saturated rings. The van der Waals surface area contributed by atoms with Crippen molar-refractivity contribution in [3.05, 3.63) is 49.3 Å².